The van der Waals surface area contributed by atoms with E-state index in [1.54, 1.807) is 0 Å². The molecule has 0 spiro atoms. The zero-order valence-corrected chi connectivity index (χ0v) is 21.1. The molecule has 7 nitrogen and oxygen atoms in total. The number of nitrogens with zero attached hydrogens (tertiary/aromatic N) is 2. The fourth-order valence-electron chi connectivity index (χ4n) is 4.45. The Kier molecular flexibility index (Phi) is 7.77. The summed E-state index contributed by atoms with van der Waals surface area (Å²) in [5.74, 6) is 4.60. The predicted molar refractivity (Wildman–Crippen MR) is 137 cm³/mol. The molecule has 1 amide bonds. The number of rotatable bonds is 7. The van der Waals surface area contributed by atoms with E-state index >= 15 is 0 Å². The van der Waals surface area contributed by atoms with Crippen LogP contribution in [-0.2, 0) is 16.4 Å². The van der Waals surface area contributed by atoms with E-state index in [0.29, 0.717) is 19.3 Å². The summed E-state index contributed by atoms with van der Waals surface area (Å²) in [7, 11) is -3.88. The number of nitrogens with two attached hydrogens (primary N) is 1. The normalized spacial score (nSPS) is 16.0. The van der Waals surface area contributed by atoms with Gasteiger partial charge in [0.1, 0.15) is 5.82 Å². The number of halogens is 2. The van der Waals surface area contributed by atoms with Gasteiger partial charge in [-0.05, 0) is 66.6 Å². The first-order chi connectivity index (χ1) is 17.1. The van der Waals surface area contributed by atoms with Crippen LogP contribution in [0.3, 0.4) is 0 Å². The van der Waals surface area contributed by atoms with Gasteiger partial charge in [-0.25, -0.2) is 23.7 Å². The number of piperidine rings is 1. The first kappa shape index (κ1) is 26.2. The second-order valence-corrected chi connectivity index (χ2v) is 11.4. The molecule has 0 aliphatic carbocycles. The number of hydrogen-bond donors (Lipinski definition) is 2. The van der Waals surface area contributed by atoms with Gasteiger partial charge in [-0.3, -0.25) is 4.79 Å². The molecule has 1 aliphatic rings. The second kappa shape index (κ2) is 10.7. The molecule has 190 valence electrons. The van der Waals surface area contributed by atoms with Crippen molar-refractivity contribution in [1.29, 1.82) is 0 Å². The average Bonchev–Trinajstić information content (AvgIpc) is 2.90. The van der Waals surface area contributed by atoms with Crippen molar-refractivity contribution in [2.45, 2.75) is 24.2 Å². The van der Waals surface area contributed by atoms with Crippen LogP contribution in [0, 0.1) is 11.2 Å². The summed E-state index contributed by atoms with van der Waals surface area (Å²) in [6.07, 6.45) is 1.69. The number of carbonyl (C=O) groups is 1. The summed E-state index contributed by atoms with van der Waals surface area (Å²) in [4.78, 5) is 12.9. The van der Waals surface area contributed by atoms with Crippen molar-refractivity contribution in [2.24, 2.45) is 11.3 Å². The van der Waals surface area contributed by atoms with Gasteiger partial charge in [0, 0.05) is 25.3 Å². The Balaban J connectivity index is 1.50. The molecule has 1 saturated heterocycles. The summed E-state index contributed by atoms with van der Waals surface area (Å²) in [6, 6.07) is 19.1. The third kappa shape index (κ3) is 5.45. The molecule has 3 aromatic rings. The highest BCUT2D eigenvalue weighted by Gasteiger charge is 2.38. The van der Waals surface area contributed by atoms with E-state index in [4.69, 9.17) is 17.4 Å². The SMILES string of the molecule is NN(C(=O)c1cccc(S(=O)(=O)N2CCC(CO)(Cc3ccccc3)CC2)c1)c1ccc(F)c(Cl)c1. The Morgan fingerprint density at radius 3 is 2.39 bits per heavy atom. The van der Waals surface area contributed by atoms with Crippen LogP contribution in [0.1, 0.15) is 28.8 Å². The van der Waals surface area contributed by atoms with E-state index in [2.05, 4.69) is 0 Å². The summed E-state index contributed by atoms with van der Waals surface area (Å²) in [5.41, 5.74) is 0.934. The Morgan fingerprint density at radius 2 is 1.75 bits per heavy atom. The fourth-order valence-corrected chi connectivity index (χ4v) is 6.11. The Bertz CT molecular complexity index is 1350. The van der Waals surface area contributed by atoms with Crippen molar-refractivity contribution in [1.82, 2.24) is 4.31 Å². The van der Waals surface area contributed by atoms with Crippen LogP contribution in [0.2, 0.25) is 5.02 Å². The summed E-state index contributed by atoms with van der Waals surface area (Å²) in [6.45, 7) is 0.482. The van der Waals surface area contributed by atoms with Gasteiger partial charge in [0.2, 0.25) is 10.0 Å². The number of aliphatic hydroxyl groups excluding tert-OH is 1. The van der Waals surface area contributed by atoms with Gasteiger partial charge >= 0.3 is 0 Å². The monoisotopic (exact) mass is 531 g/mol. The minimum absolute atomic E-state index is 0.0283. The Hall–Kier alpha value is -2.82. The molecule has 36 heavy (non-hydrogen) atoms. The highest BCUT2D eigenvalue weighted by molar-refractivity contribution is 7.89. The van der Waals surface area contributed by atoms with Crippen LogP contribution in [0.5, 0.6) is 0 Å². The predicted octanol–water partition coefficient (Wildman–Crippen LogP) is 4.01. The van der Waals surface area contributed by atoms with Gasteiger partial charge in [0.25, 0.3) is 5.91 Å². The van der Waals surface area contributed by atoms with Crippen LogP contribution >= 0.6 is 11.6 Å². The smallest absolute Gasteiger partial charge is 0.272 e. The number of amides is 1. The van der Waals surface area contributed by atoms with Gasteiger partial charge in [-0.15, -0.1) is 0 Å². The van der Waals surface area contributed by atoms with Crippen LogP contribution in [0.15, 0.2) is 77.7 Å². The van der Waals surface area contributed by atoms with Crippen molar-refractivity contribution in [3.05, 3.63) is 94.8 Å². The van der Waals surface area contributed by atoms with E-state index in [1.807, 2.05) is 30.3 Å². The lowest BCUT2D eigenvalue weighted by Gasteiger charge is -2.40. The van der Waals surface area contributed by atoms with Crippen LogP contribution in [0.4, 0.5) is 10.1 Å². The van der Waals surface area contributed by atoms with Gasteiger partial charge < -0.3 is 5.11 Å². The molecule has 4 rings (SSSR count). The molecular formula is C26H27ClFN3O4S. The lowest BCUT2D eigenvalue weighted by atomic mass is 9.75. The minimum Gasteiger partial charge on any atom is -0.396 e. The third-order valence-corrected chi connectivity index (χ3v) is 8.84. The average molecular weight is 532 g/mol. The zero-order valence-electron chi connectivity index (χ0n) is 19.5. The van der Waals surface area contributed by atoms with E-state index in [-0.39, 0.29) is 46.3 Å². The largest absolute Gasteiger partial charge is 0.396 e. The Labute approximate surface area is 214 Å². The summed E-state index contributed by atoms with van der Waals surface area (Å²) >= 11 is 5.79. The molecule has 0 radical (unpaired) electrons. The highest BCUT2D eigenvalue weighted by atomic mass is 35.5. The lowest BCUT2D eigenvalue weighted by molar-refractivity contribution is 0.0684. The van der Waals surface area contributed by atoms with Crippen molar-refractivity contribution in [3.63, 3.8) is 0 Å². The molecule has 1 aliphatic heterocycles. The molecule has 0 unspecified atom stereocenters. The molecule has 0 saturated carbocycles. The summed E-state index contributed by atoms with van der Waals surface area (Å²) < 4.78 is 41.6. The van der Waals surface area contributed by atoms with Crippen LogP contribution < -0.4 is 10.9 Å². The number of benzene rings is 3. The van der Waals surface area contributed by atoms with Gasteiger partial charge in [0.15, 0.2) is 0 Å². The quantitative estimate of drug-likeness (QED) is 0.272. The number of anilines is 1. The van der Waals surface area contributed by atoms with Gasteiger partial charge in [-0.1, -0.05) is 48.0 Å². The number of hydrogen-bond acceptors (Lipinski definition) is 5. The number of sulfonamides is 1. The van der Waals surface area contributed by atoms with E-state index < -0.39 is 21.7 Å². The molecule has 1 heterocycles. The molecule has 0 aromatic heterocycles. The molecule has 0 bridgehead atoms. The summed E-state index contributed by atoms with van der Waals surface area (Å²) in [5, 5.41) is 10.7. The molecule has 3 aromatic carbocycles. The maximum Gasteiger partial charge on any atom is 0.272 e. The topological polar surface area (TPSA) is 104 Å². The third-order valence-electron chi connectivity index (χ3n) is 6.66. The molecular weight excluding hydrogens is 505 g/mol. The molecule has 3 N–H and O–H groups in total. The maximum absolute atomic E-state index is 13.5. The molecule has 0 atom stereocenters. The number of aliphatic hydroxyl groups is 1. The van der Waals surface area contributed by atoms with E-state index in [9.17, 15) is 22.7 Å². The Morgan fingerprint density at radius 1 is 1.06 bits per heavy atom. The van der Waals surface area contributed by atoms with Crippen molar-refractivity contribution < 1.29 is 22.7 Å². The number of hydrazine groups is 1. The van der Waals surface area contributed by atoms with Crippen molar-refractivity contribution >= 4 is 33.2 Å². The second-order valence-electron chi connectivity index (χ2n) is 9.03. The van der Waals surface area contributed by atoms with Crippen molar-refractivity contribution in [2.75, 3.05) is 24.7 Å². The lowest BCUT2D eigenvalue weighted by Crippen LogP contribution is -2.45. The minimum atomic E-state index is -3.88. The van der Waals surface area contributed by atoms with Gasteiger partial charge in [-0.2, -0.15) is 4.31 Å². The van der Waals surface area contributed by atoms with Crippen molar-refractivity contribution in [3.8, 4) is 0 Å². The van der Waals surface area contributed by atoms with Gasteiger partial charge in [0.05, 0.1) is 15.6 Å². The van der Waals surface area contributed by atoms with E-state index in [0.717, 1.165) is 16.6 Å². The maximum atomic E-state index is 13.5. The van der Waals surface area contributed by atoms with E-state index in [1.165, 1.54) is 40.7 Å². The zero-order chi connectivity index (χ0) is 25.9. The highest BCUT2D eigenvalue weighted by Crippen LogP contribution is 2.36. The first-order valence-corrected chi connectivity index (χ1v) is 13.3. The van der Waals surface area contributed by atoms with Crippen LogP contribution in [0.25, 0.3) is 0 Å². The van der Waals surface area contributed by atoms with Crippen LogP contribution in [-0.4, -0.2) is 43.4 Å². The number of carbonyl (C=O) groups excluding carboxylic acids is 1. The first-order valence-electron chi connectivity index (χ1n) is 11.4. The fraction of sp³-hybridized carbons (Fsp3) is 0.269. The standard InChI is InChI=1S/C26H27ClFN3O4S/c27-23-16-21(9-10-24(23)28)31(29)25(33)20-7-4-8-22(15-20)36(34,35)30-13-11-26(18-32,12-14-30)17-19-5-2-1-3-6-19/h1-10,15-16,32H,11-14,17-18,29H2. The molecule has 1 fully saturated rings. The molecule has 10 heteroatoms.